The van der Waals surface area contributed by atoms with Gasteiger partial charge < -0.3 is 13.9 Å². The molecule has 0 radical (unpaired) electrons. The van der Waals surface area contributed by atoms with Gasteiger partial charge in [-0.15, -0.1) is 0 Å². The predicted molar refractivity (Wildman–Crippen MR) is 120 cm³/mol. The van der Waals surface area contributed by atoms with Crippen molar-refractivity contribution in [2.45, 2.75) is 13.1 Å². The normalized spacial score (nSPS) is 11.7. The van der Waals surface area contributed by atoms with Gasteiger partial charge in [0.2, 0.25) is 11.2 Å². The second kappa shape index (κ2) is 9.46. The lowest BCUT2D eigenvalue weighted by molar-refractivity contribution is -0.154. The number of carbonyl (C=O) groups excluding carboxylic acids is 1. The number of halogens is 4. The van der Waals surface area contributed by atoms with Gasteiger partial charge in [0, 0.05) is 12.1 Å². The van der Waals surface area contributed by atoms with Crippen molar-refractivity contribution >= 4 is 23.0 Å². The number of aryl methyl sites for hydroxylation is 1. The molecule has 0 aliphatic rings. The first-order valence-corrected chi connectivity index (χ1v) is 10.2. The number of alkyl halides is 3. The minimum Gasteiger partial charge on any atom is -0.449 e. The molecule has 1 aromatic heterocycles. The lowest BCUT2D eigenvalue weighted by Gasteiger charge is -2.13. The van der Waals surface area contributed by atoms with E-state index >= 15 is 0 Å². The van der Waals surface area contributed by atoms with E-state index in [-0.39, 0.29) is 16.9 Å². The third-order valence-corrected chi connectivity index (χ3v) is 4.82. The van der Waals surface area contributed by atoms with Crippen LogP contribution in [0, 0.1) is 12.7 Å². The highest BCUT2D eigenvalue weighted by atomic mass is 19.4. The van der Waals surface area contributed by atoms with Gasteiger partial charge in [-0.2, -0.15) is 13.2 Å². The smallest absolute Gasteiger partial charge is 0.449 e. The van der Waals surface area contributed by atoms with E-state index in [1.807, 2.05) is 0 Å². The number of carbonyl (C=O) groups is 1. The summed E-state index contributed by atoms with van der Waals surface area (Å²) in [6.45, 7) is 1.79. The molecule has 0 bridgehead atoms. The van der Waals surface area contributed by atoms with E-state index in [1.165, 1.54) is 54.6 Å². The summed E-state index contributed by atoms with van der Waals surface area (Å²) in [6, 6.07) is 14.8. The number of ether oxygens (including phenoxy) is 2. The molecule has 0 fully saturated rings. The summed E-state index contributed by atoms with van der Waals surface area (Å²) in [5.41, 5.74) is -0.0862. The number of hydrogen-bond acceptors (Lipinski definition) is 5. The number of hydrogen-bond donors (Lipinski definition) is 0. The second-order valence-electron chi connectivity index (χ2n) is 7.47. The van der Waals surface area contributed by atoms with E-state index in [0.717, 1.165) is 17.7 Å². The van der Waals surface area contributed by atoms with Crippen LogP contribution in [0.25, 0.3) is 17.0 Å². The van der Waals surface area contributed by atoms with Crippen molar-refractivity contribution in [1.29, 1.82) is 0 Å². The third-order valence-electron chi connectivity index (χ3n) is 4.82. The van der Waals surface area contributed by atoms with Gasteiger partial charge in [-0.25, -0.2) is 9.18 Å². The van der Waals surface area contributed by atoms with Crippen molar-refractivity contribution in [3.63, 3.8) is 0 Å². The Morgan fingerprint density at radius 3 is 2.26 bits per heavy atom. The van der Waals surface area contributed by atoms with Gasteiger partial charge >= 0.3 is 12.1 Å². The molecular formula is C26H16F4O5. The largest absolute Gasteiger partial charge is 0.453 e. The van der Waals surface area contributed by atoms with Crippen molar-refractivity contribution in [3.05, 3.63) is 106 Å². The molecule has 0 aliphatic carbocycles. The molecule has 3 aromatic carbocycles. The highest BCUT2D eigenvalue weighted by Gasteiger charge is 2.40. The van der Waals surface area contributed by atoms with Gasteiger partial charge in [0.15, 0.2) is 0 Å². The fraction of sp³-hybridized carbons (Fsp3) is 0.0769. The Hall–Kier alpha value is -4.40. The molecule has 35 heavy (non-hydrogen) atoms. The molecule has 0 saturated carbocycles. The topological polar surface area (TPSA) is 65.7 Å². The quantitative estimate of drug-likeness (QED) is 0.137. The minimum absolute atomic E-state index is 0.0336. The van der Waals surface area contributed by atoms with Crippen LogP contribution in [-0.4, -0.2) is 5.97 Å². The van der Waals surface area contributed by atoms with Crippen molar-refractivity contribution in [2.24, 2.45) is 0 Å². The Morgan fingerprint density at radius 2 is 1.60 bits per heavy atom. The van der Waals surface area contributed by atoms with Crippen molar-refractivity contribution in [3.8, 4) is 17.2 Å². The standard InChI is InChI=1S/C26H16F4O5/c1-15-2-9-18(10-3-15)34-24-23(32)20-12-11-19(14-21(20)35-25(24)26(28,29)30)33-22(31)13-6-16-4-7-17(27)8-5-16/h2-14H,1H3. The predicted octanol–water partition coefficient (Wildman–Crippen LogP) is 6.67. The van der Waals surface area contributed by atoms with E-state index in [2.05, 4.69) is 0 Å². The summed E-state index contributed by atoms with van der Waals surface area (Å²) in [5, 5.41) is -0.193. The first kappa shape index (κ1) is 23.7. The Morgan fingerprint density at radius 1 is 0.943 bits per heavy atom. The van der Waals surface area contributed by atoms with Crippen molar-refractivity contribution < 1.29 is 36.2 Å². The molecule has 1 heterocycles. The molecule has 0 amide bonds. The maximum Gasteiger partial charge on any atom is 0.453 e. The summed E-state index contributed by atoms with van der Waals surface area (Å²) < 4.78 is 69.4. The summed E-state index contributed by atoms with van der Waals surface area (Å²) in [6.07, 6.45) is -2.59. The minimum atomic E-state index is -5.03. The fourth-order valence-electron chi connectivity index (χ4n) is 3.11. The highest BCUT2D eigenvalue weighted by Crippen LogP contribution is 2.38. The van der Waals surface area contributed by atoms with Gasteiger partial charge in [0.1, 0.15) is 22.9 Å². The van der Waals surface area contributed by atoms with Crippen LogP contribution >= 0.6 is 0 Å². The van der Waals surface area contributed by atoms with Crippen LogP contribution in [-0.2, 0) is 11.0 Å². The van der Waals surface area contributed by atoms with Crippen LogP contribution < -0.4 is 14.9 Å². The first-order chi connectivity index (χ1) is 16.6. The van der Waals surface area contributed by atoms with Crippen LogP contribution in [0.2, 0.25) is 0 Å². The molecule has 4 rings (SSSR count). The molecular weight excluding hydrogens is 468 g/mol. The number of esters is 1. The average Bonchev–Trinajstić information content (AvgIpc) is 2.81. The average molecular weight is 484 g/mol. The third kappa shape index (κ3) is 5.57. The molecule has 0 saturated heterocycles. The molecule has 0 unspecified atom stereocenters. The molecule has 0 aliphatic heterocycles. The Kier molecular flexibility index (Phi) is 6.42. The zero-order valence-electron chi connectivity index (χ0n) is 18.1. The van der Waals surface area contributed by atoms with E-state index in [1.54, 1.807) is 19.1 Å². The molecule has 9 heteroatoms. The van der Waals surface area contributed by atoms with Crippen LogP contribution in [0.1, 0.15) is 16.9 Å². The maximum absolute atomic E-state index is 13.7. The number of benzene rings is 3. The molecule has 0 N–H and O–H groups in total. The highest BCUT2D eigenvalue weighted by molar-refractivity contribution is 5.89. The van der Waals surface area contributed by atoms with Gasteiger partial charge in [0.25, 0.3) is 5.76 Å². The van der Waals surface area contributed by atoms with Crippen LogP contribution in [0.5, 0.6) is 17.2 Å². The molecule has 0 spiro atoms. The summed E-state index contributed by atoms with van der Waals surface area (Å²) >= 11 is 0. The zero-order valence-corrected chi connectivity index (χ0v) is 18.1. The van der Waals surface area contributed by atoms with Crippen molar-refractivity contribution in [1.82, 2.24) is 0 Å². The van der Waals surface area contributed by atoms with E-state index < -0.39 is 40.5 Å². The molecule has 178 valence electrons. The van der Waals surface area contributed by atoms with Gasteiger partial charge in [-0.3, -0.25) is 4.79 Å². The van der Waals surface area contributed by atoms with E-state index in [4.69, 9.17) is 13.9 Å². The fourth-order valence-corrected chi connectivity index (χ4v) is 3.11. The number of rotatable bonds is 5. The summed E-state index contributed by atoms with van der Waals surface area (Å²) in [7, 11) is 0. The van der Waals surface area contributed by atoms with E-state index in [9.17, 15) is 27.2 Å². The molecule has 0 atom stereocenters. The summed E-state index contributed by atoms with van der Waals surface area (Å²) in [4.78, 5) is 24.9. The molecule has 5 nitrogen and oxygen atoms in total. The SMILES string of the molecule is Cc1ccc(Oc2c(C(F)(F)F)oc3cc(OC(=O)C=Cc4ccc(F)cc4)ccc3c2=O)cc1. The monoisotopic (exact) mass is 484 g/mol. The van der Waals surface area contributed by atoms with Crippen LogP contribution in [0.4, 0.5) is 17.6 Å². The lowest BCUT2D eigenvalue weighted by Crippen LogP contribution is -2.15. The zero-order chi connectivity index (χ0) is 25.2. The van der Waals surface area contributed by atoms with E-state index in [0.29, 0.717) is 5.56 Å². The second-order valence-corrected chi connectivity index (χ2v) is 7.47. The lowest BCUT2D eigenvalue weighted by atomic mass is 10.2. The number of fused-ring (bicyclic) bond motifs is 1. The van der Waals surface area contributed by atoms with Crippen LogP contribution in [0.15, 0.2) is 82.0 Å². The van der Waals surface area contributed by atoms with Gasteiger partial charge in [-0.05, 0) is 55.0 Å². The Labute approximate surface area is 195 Å². The maximum atomic E-state index is 13.7. The first-order valence-electron chi connectivity index (χ1n) is 10.2. The Balaban J connectivity index is 1.65. The van der Waals surface area contributed by atoms with Crippen molar-refractivity contribution in [2.75, 3.05) is 0 Å². The Bertz CT molecular complexity index is 1470. The van der Waals surface area contributed by atoms with Gasteiger partial charge in [0.05, 0.1) is 5.39 Å². The summed E-state index contributed by atoms with van der Waals surface area (Å²) in [5.74, 6) is -4.00. The van der Waals surface area contributed by atoms with Crippen LogP contribution in [0.3, 0.4) is 0 Å². The molecule has 4 aromatic rings. The van der Waals surface area contributed by atoms with Gasteiger partial charge in [-0.1, -0.05) is 29.8 Å².